The number of benzene rings is 2. The van der Waals surface area contributed by atoms with Gasteiger partial charge >= 0.3 is 0 Å². The van der Waals surface area contributed by atoms with E-state index >= 15 is 0 Å². The lowest BCUT2D eigenvalue weighted by atomic mass is 10.2. The van der Waals surface area contributed by atoms with Crippen LogP contribution in [0.15, 0.2) is 53.4 Å². The summed E-state index contributed by atoms with van der Waals surface area (Å²) >= 11 is 1.55. The van der Waals surface area contributed by atoms with Crippen LogP contribution >= 0.6 is 11.8 Å². The van der Waals surface area contributed by atoms with Crippen LogP contribution in [0.2, 0.25) is 0 Å². The minimum Gasteiger partial charge on any atom is -0.497 e. The van der Waals surface area contributed by atoms with E-state index in [1.807, 2.05) is 24.3 Å². The molecule has 0 radical (unpaired) electrons. The van der Waals surface area contributed by atoms with Gasteiger partial charge in [0.25, 0.3) is 0 Å². The van der Waals surface area contributed by atoms with Gasteiger partial charge in [-0.3, -0.25) is 9.59 Å². The van der Waals surface area contributed by atoms with Gasteiger partial charge in [0.05, 0.1) is 7.11 Å². The smallest absolute Gasteiger partial charge is 0.227 e. The second kappa shape index (κ2) is 9.82. The lowest BCUT2D eigenvalue weighted by molar-refractivity contribution is -0.118. The molecule has 0 aliphatic carbocycles. The van der Waals surface area contributed by atoms with Gasteiger partial charge in [0.1, 0.15) is 11.6 Å². The summed E-state index contributed by atoms with van der Waals surface area (Å²) < 4.78 is 18.2. The highest BCUT2D eigenvalue weighted by Crippen LogP contribution is 2.23. The average Bonchev–Trinajstić information content (AvgIpc) is 2.63. The minimum absolute atomic E-state index is 0.0503. The maximum atomic E-state index is 13.1. The van der Waals surface area contributed by atoms with Gasteiger partial charge in [0.15, 0.2) is 0 Å². The van der Waals surface area contributed by atoms with Crippen LogP contribution in [0, 0.1) is 5.82 Å². The second-order valence-corrected chi connectivity index (χ2v) is 6.68. The number of rotatable bonds is 9. The van der Waals surface area contributed by atoms with E-state index in [9.17, 15) is 14.0 Å². The highest BCUT2D eigenvalue weighted by atomic mass is 32.2. The van der Waals surface area contributed by atoms with Crippen LogP contribution in [-0.4, -0.2) is 31.2 Å². The van der Waals surface area contributed by atoms with E-state index in [1.54, 1.807) is 18.9 Å². The maximum absolute atomic E-state index is 13.1. The number of ether oxygens (including phenoxy) is 1. The number of hydrogen-bond acceptors (Lipinski definition) is 4. The van der Waals surface area contributed by atoms with Gasteiger partial charge in [-0.25, -0.2) is 4.39 Å². The topological polar surface area (TPSA) is 72.6 Å². The summed E-state index contributed by atoms with van der Waals surface area (Å²) in [6.07, 6.45) is 0.335. The van der Waals surface area contributed by atoms with Crippen LogP contribution in [0.25, 0.3) is 0 Å². The molecule has 0 aliphatic heterocycles. The van der Waals surface area contributed by atoms with Crippen LogP contribution < -0.4 is 15.4 Å². The largest absolute Gasteiger partial charge is 0.497 e. The average molecular weight is 376 g/mol. The zero-order valence-electron chi connectivity index (χ0n) is 14.5. The molecule has 5 nitrogen and oxygen atoms in total. The number of nitrogens with two attached hydrogens (primary N) is 1. The summed E-state index contributed by atoms with van der Waals surface area (Å²) in [6, 6.07) is 13.2. The fourth-order valence-electron chi connectivity index (χ4n) is 2.30. The highest BCUT2D eigenvalue weighted by molar-refractivity contribution is 7.99. The van der Waals surface area contributed by atoms with Crippen molar-refractivity contribution in [3.05, 3.63) is 54.3 Å². The summed E-state index contributed by atoms with van der Waals surface area (Å²) in [6.45, 7) is 0.174. The molecule has 0 aliphatic rings. The Hall–Kier alpha value is -2.54. The molecule has 0 atom stereocenters. The molecule has 2 aromatic carbocycles. The molecule has 138 valence electrons. The van der Waals surface area contributed by atoms with Crippen molar-refractivity contribution in [2.75, 3.05) is 24.3 Å². The quantitative estimate of drug-likeness (QED) is 0.682. The summed E-state index contributed by atoms with van der Waals surface area (Å²) in [7, 11) is 1.61. The van der Waals surface area contributed by atoms with Gasteiger partial charge in [-0.05, 0) is 48.5 Å². The fourth-order valence-corrected chi connectivity index (χ4v) is 3.14. The summed E-state index contributed by atoms with van der Waals surface area (Å²) in [5.74, 6) is 0.348. The van der Waals surface area contributed by atoms with Crippen molar-refractivity contribution in [3.63, 3.8) is 0 Å². The van der Waals surface area contributed by atoms with Gasteiger partial charge in [0, 0.05) is 35.7 Å². The Morgan fingerprint density at radius 3 is 2.31 bits per heavy atom. The number of methoxy groups -OCH3 is 1. The molecule has 0 bridgehead atoms. The van der Waals surface area contributed by atoms with Crippen molar-refractivity contribution >= 4 is 29.3 Å². The fraction of sp³-hybridized carbons (Fsp3) is 0.263. The molecule has 7 heteroatoms. The van der Waals surface area contributed by atoms with Crippen LogP contribution in [0.3, 0.4) is 0 Å². The molecule has 0 spiro atoms. The summed E-state index contributed by atoms with van der Waals surface area (Å²) in [4.78, 5) is 26.2. The molecule has 2 aromatic rings. The number of carbonyl (C=O) groups excluding carboxylic acids is 2. The standard InChI is InChI=1S/C19H21FN2O3S/c1-25-16-6-8-17(9-7-16)26-13-11-19(24)22(12-10-18(21)23)15-4-2-14(20)3-5-15/h2-9H,10-13H2,1H3,(H2,21,23). The summed E-state index contributed by atoms with van der Waals surface area (Å²) in [5, 5.41) is 0. The van der Waals surface area contributed by atoms with E-state index in [1.165, 1.54) is 29.2 Å². The monoisotopic (exact) mass is 376 g/mol. The van der Waals surface area contributed by atoms with Crippen molar-refractivity contribution in [3.8, 4) is 5.75 Å². The van der Waals surface area contributed by atoms with Crippen molar-refractivity contribution in [1.82, 2.24) is 0 Å². The second-order valence-electron chi connectivity index (χ2n) is 5.51. The van der Waals surface area contributed by atoms with Gasteiger partial charge < -0.3 is 15.4 Å². The number of carbonyl (C=O) groups is 2. The first-order valence-electron chi connectivity index (χ1n) is 8.10. The molecular weight excluding hydrogens is 355 g/mol. The predicted octanol–water partition coefficient (Wildman–Crippen LogP) is 3.23. The zero-order chi connectivity index (χ0) is 18.9. The van der Waals surface area contributed by atoms with Crippen LogP contribution in [-0.2, 0) is 9.59 Å². The van der Waals surface area contributed by atoms with Crippen LogP contribution in [0.1, 0.15) is 12.8 Å². The first-order valence-corrected chi connectivity index (χ1v) is 9.09. The number of hydrogen-bond donors (Lipinski definition) is 1. The molecule has 0 saturated heterocycles. The van der Waals surface area contributed by atoms with E-state index < -0.39 is 5.91 Å². The molecule has 0 saturated carbocycles. The third-order valence-corrected chi connectivity index (χ3v) is 4.68. The van der Waals surface area contributed by atoms with Crippen molar-refractivity contribution in [2.24, 2.45) is 5.73 Å². The zero-order valence-corrected chi connectivity index (χ0v) is 15.3. The number of amides is 2. The third kappa shape index (κ3) is 6.07. The number of nitrogens with zero attached hydrogens (tertiary/aromatic N) is 1. The minimum atomic E-state index is -0.488. The first-order chi connectivity index (χ1) is 12.5. The molecule has 26 heavy (non-hydrogen) atoms. The normalized spacial score (nSPS) is 10.4. The SMILES string of the molecule is COc1ccc(SCCC(=O)N(CCC(N)=O)c2ccc(F)cc2)cc1. The van der Waals surface area contributed by atoms with Crippen LogP contribution in [0.5, 0.6) is 5.75 Å². The number of primary amides is 1. The molecule has 2 rings (SSSR count). The Bertz CT molecular complexity index is 735. The van der Waals surface area contributed by atoms with Gasteiger partial charge in [0.2, 0.25) is 11.8 Å². The Morgan fingerprint density at radius 2 is 1.73 bits per heavy atom. The first kappa shape index (κ1) is 19.8. The molecule has 0 heterocycles. The van der Waals surface area contributed by atoms with E-state index in [4.69, 9.17) is 10.5 Å². The predicted molar refractivity (Wildman–Crippen MR) is 101 cm³/mol. The van der Waals surface area contributed by atoms with E-state index in [0.717, 1.165) is 10.6 Å². The van der Waals surface area contributed by atoms with E-state index in [-0.39, 0.29) is 31.1 Å². The third-order valence-electron chi connectivity index (χ3n) is 3.67. The van der Waals surface area contributed by atoms with E-state index in [2.05, 4.69) is 0 Å². The van der Waals surface area contributed by atoms with Gasteiger partial charge in [-0.2, -0.15) is 0 Å². The summed E-state index contributed by atoms with van der Waals surface area (Å²) in [5.41, 5.74) is 5.74. The van der Waals surface area contributed by atoms with Gasteiger partial charge in [-0.15, -0.1) is 11.8 Å². The Labute approximate surface area is 156 Å². The molecule has 0 fully saturated rings. The number of anilines is 1. The molecular formula is C19H21FN2O3S. The number of halogens is 1. The maximum Gasteiger partial charge on any atom is 0.227 e. The van der Waals surface area contributed by atoms with Crippen LogP contribution in [0.4, 0.5) is 10.1 Å². The van der Waals surface area contributed by atoms with E-state index in [0.29, 0.717) is 11.4 Å². The Morgan fingerprint density at radius 1 is 1.08 bits per heavy atom. The molecule has 0 unspecified atom stereocenters. The van der Waals surface area contributed by atoms with Crippen molar-refractivity contribution in [2.45, 2.75) is 17.7 Å². The molecule has 2 N–H and O–H groups in total. The molecule has 2 amide bonds. The highest BCUT2D eigenvalue weighted by Gasteiger charge is 2.16. The van der Waals surface area contributed by atoms with Crippen molar-refractivity contribution in [1.29, 1.82) is 0 Å². The number of thioether (sulfide) groups is 1. The van der Waals surface area contributed by atoms with Gasteiger partial charge in [-0.1, -0.05) is 0 Å². The lowest BCUT2D eigenvalue weighted by Gasteiger charge is -2.22. The Balaban J connectivity index is 1.96. The molecule has 0 aromatic heterocycles. The lowest BCUT2D eigenvalue weighted by Crippen LogP contribution is -2.34. The Kier molecular flexibility index (Phi) is 7.47. The van der Waals surface area contributed by atoms with Crippen molar-refractivity contribution < 1.29 is 18.7 Å².